The van der Waals surface area contributed by atoms with Crippen molar-refractivity contribution in [2.75, 3.05) is 28.7 Å². The highest BCUT2D eigenvalue weighted by atomic mass is 32.3. The minimum atomic E-state index is -3.15. The SMILES string of the molecule is CNCCCN1c2ccccc2N(c2ccc3ccccc3c2)S1(O)O. The second kappa shape index (κ2) is 6.81. The van der Waals surface area contributed by atoms with Gasteiger partial charge in [0.2, 0.25) is 0 Å². The monoisotopic (exact) mass is 369 g/mol. The summed E-state index contributed by atoms with van der Waals surface area (Å²) in [5.74, 6) is 0. The third-order valence-corrected chi connectivity index (χ3v) is 6.53. The molecular formula is C20H23N3O2S. The molecule has 3 N–H and O–H groups in total. The van der Waals surface area contributed by atoms with Crippen LogP contribution < -0.4 is 13.9 Å². The first kappa shape index (κ1) is 17.2. The molecule has 136 valence electrons. The van der Waals surface area contributed by atoms with Crippen LogP contribution in [0.15, 0.2) is 66.7 Å². The fraction of sp³-hybridized carbons (Fsp3) is 0.200. The Kier molecular flexibility index (Phi) is 4.50. The van der Waals surface area contributed by atoms with E-state index in [0.29, 0.717) is 6.54 Å². The minimum absolute atomic E-state index is 0.574. The smallest absolute Gasteiger partial charge is 0.0896 e. The molecule has 0 saturated heterocycles. The summed E-state index contributed by atoms with van der Waals surface area (Å²) >= 11 is 0. The number of fused-ring (bicyclic) bond motifs is 2. The summed E-state index contributed by atoms with van der Waals surface area (Å²) in [7, 11) is -1.25. The van der Waals surface area contributed by atoms with Gasteiger partial charge in [0.25, 0.3) is 0 Å². The lowest BCUT2D eigenvalue weighted by molar-refractivity contribution is 0.483. The molecular weight excluding hydrogens is 346 g/mol. The molecule has 1 aliphatic rings. The number of hydrogen-bond donors (Lipinski definition) is 3. The second-order valence-corrected chi connectivity index (χ2v) is 8.15. The van der Waals surface area contributed by atoms with Crippen molar-refractivity contribution in [1.29, 1.82) is 0 Å². The van der Waals surface area contributed by atoms with Crippen molar-refractivity contribution in [3.8, 4) is 0 Å². The van der Waals surface area contributed by atoms with Crippen LogP contribution in [0.5, 0.6) is 0 Å². The Balaban J connectivity index is 1.79. The van der Waals surface area contributed by atoms with Crippen molar-refractivity contribution in [2.24, 2.45) is 0 Å². The molecule has 3 aromatic carbocycles. The van der Waals surface area contributed by atoms with E-state index in [1.807, 2.05) is 67.7 Å². The summed E-state index contributed by atoms with van der Waals surface area (Å²) < 4.78 is 25.7. The van der Waals surface area contributed by atoms with E-state index in [9.17, 15) is 9.11 Å². The van der Waals surface area contributed by atoms with Crippen molar-refractivity contribution in [1.82, 2.24) is 5.32 Å². The molecule has 0 spiro atoms. The molecule has 4 rings (SSSR count). The van der Waals surface area contributed by atoms with Crippen molar-refractivity contribution in [2.45, 2.75) is 6.42 Å². The van der Waals surface area contributed by atoms with Gasteiger partial charge in [-0.25, -0.2) is 4.31 Å². The van der Waals surface area contributed by atoms with Gasteiger partial charge in [-0.3, -0.25) is 13.4 Å². The van der Waals surface area contributed by atoms with Crippen molar-refractivity contribution < 1.29 is 9.11 Å². The average Bonchev–Trinajstić information content (AvgIpc) is 2.88. The molecule has 26 heavy (non-hydrogen) atoms. The maximum atomic E-state index is 11.1. The molecule has 0 aliphatic carbocycles. The predicted octanol–water partition coefficient (Wildman–Crippen LogP) is 4.99. The topological polar surface area (TPSA) is 59.0 Å². The average molecular weight is 369 g/mol. The number of anilines is 3. The van der Waals surface area contributed by atoms with Crippen LogP contribution in [0.3, 0.4) is 0 Å². The van der Waals surface area contributed by atoms with Gasteiger partial charge in [0.05, 0.1) is 17.1 Å². The van der Waals surface area contributed by atoms with E-state index >= 15 is 0 Å². The minimum Gasteiger partial charge on any atom is -0.320 e. The van der Waals surface area contributed by atoms with E-state index in [2.05, 4.69) is 11.4 Å². The van der Waals surface area contributed by atoms with E-state index in [0.717, 1.165) is 40.8 Å². The van der Waals surface area contributed by atoms with Gasteiger partial charge in [-0.05, 0) is 66.0 Å². The van der Waals surface area contributed by atoms with Gasteiger partial charge < -0.3 is 5.32 Å². The number of benzene rings is 3. The van der Waals surface area contributed by atoms with Gasteiger partial charge in [-0.2, -0.15) is 0 Å². The first-order valence-corrected chi connectivity index (χ1v) is 10.2. The van der Waals surface area contributed by atoms with E-state index in [4.69, 9.17) is 0 Å². The highest BCUT2D eigenvalue weighted by molar-refractivity contribution is 8.27. The molecule has 6 heteroatoms. The Bertz CT molecular complexity index is 932. The summed E-state index contributed by atoms with van der Waals surface area (Å²) in [5.41, 5.74) is 2.47. The molecule has 0 unspecified atom stereocenters. The molecule has 0 aromatic heterocycles. The quantitative estimate of drug-likeness (QED) is 0.553. The third-order valence-electron chi connectivity index (χ3n) is 4.67. The van der Waals surface area contributed by atoms with E-state index in [1.165, 1.54) is 0 Å². The van der Waals surface area contributed by atoms with Crippen LogP contribution in [0, 0.1) is 0 Å². The van der Waals surface area contributed by atoms with Crippen molar-refractivity contribution in [3.63, 3.8) is 0 Å². The molecule has 0 fully saturated rings. The van der Waals surface area contributed by atoms with Gasteiger partial charge in [-0.15, -0.1) is 0 Å². The van der Waals surface area contributed by atoms with Crippen molar-refractivity contribution >= 4 is 38.8 Å². The van der Waals surface area contributed by atoms with Crippen LogP contribution in [0.1, 0.15) is 6.42 Å². The first-order chi connectivity index (χ1) is 12.6. The van der Waals surface area contributed by atoms with Crippen LogP contribution >= 0.6 is 11.0 Å². The number of nitrogens with one attached hydrogen (secondary N) is 1. The summed E-state index contributed by atoms with van der Waals surface area (Å²) in [6.45, 7) is 1.40. The largest absolute Gasteiger partial charge is 0.320 e. The summed E-state index contributed by atoms with van der Waals surface area (Å²) in [6.07, 6.45) is 0.826. The van der Waals surface area contributed by atoms with Gasteiger partial charge in [-0.1, -0.05) is 42.5 Å². The normalized spacial score (nSPS) is 16.7. The van der Waals surface area contributed by atoms with E-state index in [-0.39, 0.29) is 0 Å². The van der Waals surface area contributed by atoms with Gasteiger partial charge in [0.15, 0.2) is 0 Å². The Morgan fingerprint density at radius 2 is 1.58 bits per heavy atom. The maximum absolute atomic E-state index is 11.1. The number of hydrogen-bond acceptors (Lipinski definition) is 5. The molecule has 0 bridgehead atoms. The standard InChI is InChI=1S/C20H23N3O2S/c1-21-13-6-14-22-19-9-4-5-10-20(19)23(26(22,24)25)18-12-11-16-7-2-3-8-17(16)15-18/h2-5,7-12,15,21,24-25H,6,13-14H2,1H3. The van der Waals surface area contributed by atoms with Crippen LogP contribution in [-0.4, -0.2) is 29.2 Å². The molecule has 1 heterocycles. The van der Waals surface area contributed by atoms with Crippen LogP contribution in [-0.2, 0) is 0 Å². The number of rotatable bonds is 5. The predicted molar refractivity (Wildman–Crippen MR) is 111 cm³/mol. The lowest BCUT2D eigenvalue weighted by atomic mass is 10.1. The maximum Gasteiger partial charge on any atom is 0.0896 e. The molecule has 0 saturated carbocycles. The zero-order valence-corrected chi connectivity index (χ0v) is 15.5. The van der Waals surface area contributed by atoms with Gasteiger partial charge >= 0.3 is 0 Å². The molecule has 3 aromatic rings. The highest BCUT2D eigenvalue weighted by Crippen LogP contribution is 2.64. The summed E-state index contributed by atoms with van der Waals surface area (Å²) in [5, 5.41) is 5.32. The fourth-order valence-corrected chi connectivity index (χ4v) is 5.24. The summed E-state index contributed by atoms with van der Waals surface area (Å²) in [4.78, 5) is 0. The number of nitrogens with zero attached hydrogens (tertiary/aromatic N) is 2. The van der Waals surface area contributed by atoms with Crippen LogP contribution in [0.25, 0.3) is 10.8 Å². The highest BCUT2D eigenvalue weighted by Gasteiger charge is 2.41. The van der Waals surface area contributed by atoms with Gasteiger partial charge in [0, 0.05) is 6.54 Å². The Morgan fingerprint density at radius 1 is 0.885 bits per heavy atom. The third kappa shape index (κ3) is 2.81. The summed E-state index contributed by atoms with van der Waals surface area (Å²) in [6, 6.07) is 21.8. The number of para-hydroxylation sites is 2. The zero-order valence-electron chi connectivity index (χ0n) is 14.7. The molecule has 1 aliphatic heterocycles. The Hall–Kier alpha value is -2.25. The lowest BCUT2D eigenvalue weighted by Gasteiger charge is -2.44. The molecule has 0 amide bonds. The lowest BCUT2D eigenvalue weighted by Crippen LogP contribution is -2.32. The Morgan fingerprint density at radius 3 is 2.35 bits per heavy atom. The first-order valence-electron chi connectivity index (χ1n) is 8.71. The van der Waals surface area contributed by atoms with E-state index in [1.54, 1.807) is 8.61 Å². The Labute approximate surface area is 155 Å². The zero-order chi connectivity index (χ0) is 18.1. The van der Waals surface area contributed by atoms with Crippen LogP contribution in [0.2, 0.25) is 0 Å². The fourth-order valence-electron chi connectivity index (χ4n) is 3.44. The van der Waals surface area contributed by atoms with Gasteiger partial charge in [0.1, 0.15) is 0 Å². The second-order valence-electron chi connectivity index (χ2n) is 6.36. The molecule has 0 atom stereocenters. The van der Waals surface area contributed by atoms with Crippen molar-refractivity contribution in [3.05, 3.63) is 66.7 Å². The van der Waals surface area contributed by atoms with E-state index < -0.39 is 11.0 Å². The molecule has 5 nitrogen and oxygen atoms in total. The van der Waals surface area contributed by atoms with Crippen LogP contribution in [0.4, 0.5) is 17.1 Å². The molecule has 0 radical (unpaired) electrons.